The summed E-state index contributed by atoms with van der Waals surface area (Å²) in [4.78, 5) is 4.08. The number of pyridine rings is 1. The number of hydrogen-bond donors (Lipinski definition) is 2. The van der Waals surface area contributed by atoms with Crippen LogP contribution in [0.2, 0.25) is 0 Å². The Morgan fingerprint density at radius 3 is 2.94 bits per heavy atom. The maximum Gasteiger partial charge on any atom is 0.148 e. The Hall–Kier alpha value is -2.04. The third-order valence-electron chi connectivity index (χ3n) is 2.83. The number of nitrogen functional groups attached to an aromatic ring is 1. The van der Waals surface area contributed by atoms with Crippen molar-refractivity contribution in [1.82, 2.24) is 14.8 Å². The topological polar surface area (TPSA) is 68.8 Å². The van der Waals surface area contributed by atoms with E-state index in [1.807, 2.05) is 25.4 Å². The fourth-order valence-electron chi connectivity index (χ4n) is 1.92. The highest BCUT2D eigenvalue weighted by Gasteiger charge is 2.11. The molecule has 0 saturated heterocycles. The van der Waals surface area contributed by atoms with Crippen LogP contribution in [0, 0.1) is 0 Å². The highest BCUT2D eigenvalue weighted by atomic mass is 15.3. The van der Waals surface area contributed by atoms with Crippen molar-refractivity contribution in [3.63, 3.8) is 0 Å². The van der Waals surface area contributed by atoms with Crippen molar-refractivity contribution >= 4 is 11.5 Å². The van der Waals surface area contributed by atoms with Gasteiger partial charge >= 0.3 is 0 Å². The lowest BCUT2D eigenvalue weighted by Gasteiger charge is -2.07. The van der Waals surface area contributed by atoms with Crippen molar-refractivity contribution in [1.29, 1.82) is 0 Å². The first kappa shape index (κ1) is 12.4. The molecule has 2 aromatic rings. The number of aromatic nitrogens is 3. The zero-order valence-electron chi connectivity index (χ0n) is 10.8. The van der Waals surface area contributed by atoms with E-state index in [0.29, 0.717) is 6.54 Å². The van der Waals surface area contributed by atoms with E-state index in [0.717, 1.165) is 35.6 Å². The van der Waals surface area contributed by atoms with E-state index < -0.39 is 0 Å². The van der Waals surface area contributed by atoms with Crippen LogP contribution in [0.3, 0.4) is 0 Å². The molecule has 0 saturated carbocycles. The van der Waals surface area contributed by atoms with E-state index in [-0.39, 0.29) is 0 Å². The zero-order chi connectivity index (χ0) is 13.0. The molecule has 0 aliphatic heterocycles. The standard InChI is InChI=1S/C13H19N5/c1-3-5-11-12(14)13(18(2)17-11)16-9-10-6-4-7-15-8-10/h4,6-8,16H,3,5,9,14H2,1-2H3. The van der Waals surface area contributed by atoms with Crippen LogP contribution in [0.5, 0.6) is 0 Å². The molecule has 0 fully saturated rings. The number of nitrogens with one attached hydrogen (secondary N) is 1. The second-order valence-electron chi connectivity index (χ2n) is 4.30. The number of rotatable bonds is 5. The maximum absolute atomic E-state index is 6.09. The molecule has 2 rings (SSSR count). The van der Waals surface area contributed by atoms with Crippen LogP contribution in [0.1, 0.15) is 24.6 Å². The number of hydrogen-bond acceptors (Lipinski definition) is 4. The van der Waals surface area contributed by atoms with Gasteiger partial charge in [-0.2, -0.15) is 5.10 Å². The van der Waals surface area contributed by atoms with Gasteiger partial charge in [-0.05, 0) is 18.1 Å². The predicted octanol–water partition coefficient (Wildman–Crippen LogP) is 1.96. The largest absolute Gasteiger partial charge is 0.394 e. The van der Waals surface area contributed by atoms with E-state index in [2.05, 4.69) is 22.3 Å². The summed E-state index contributed by atoms with van der Waals surface area (Å²) in [5.74, 6) is 0.877. The van der Waals surface area contributed by atoms with E-state index in [9.17, 15) is 0 Å². The molecule has 0 atom stereocenters. The first-order valence-corrected chi connectivity index (χ1v) is 6.16. The van der Waals surface area contributed by atoms with Crippen LogP contribution < -0.4 is 11.1 Å². The molecule has 5 nitrogen and oxygen atoms in total. The molecule has 3 N–H and O–H groups in total. The molecule has 0 spiro atoms. The molecule has 0 unspecified atom stereocenters. The number of aryl methyl sites for hydroxylation is 2. The van der Waals surface area contributed by atoms with Gasteiger partial charge in [-0.25, -0.2) is 0 Å². The van der Waals surface area contributed by atoms with Crippen molar-refractivity contribution in [3.8, 4) is 0 Å². The molecule has 0 aliphatic carbocycles. The Kier molecular flexibility index (Phi) is 3.82. The highest BCUT2D eigenvalue weighted by molar-refractivity contribution is 5.65. The van der Waals surface area contributed by atoms with Gasteiger partial charge in [0, 0.05) is 26.0 Å². The summed E-state index contributed by atoms with van der Waals surface area (Å²) in [5.41, 5.74) is 8.93. The minimum Gasteiger partial charge on any atom is -0.394 e. The zero-order valence-corrected chi connectivity index (χ0v) is 10.8. The summed E-state index contributed by atoms with van der Waals surface area (Å²) in [7, 11) is 1.90. The lowest BCUT2D eigenvalue weighted by atomic mass is 10.2. The molecular weight excluding hydrogens is 226 g/mol. The molecule has 5 heteroatoms. The summed E-state index contributed by atoms with van der Waals surface area (Å²) in [6.45, 7) is 2.82. The SMILES string of the molecule is CCCc1nn(C)c(NCc2cccnc2)c1N. The summed E-state index contributed by atoms with van der Waals surface area (Å²) in [6.07, 6.45) is 5.56. The van der Waals surface area contributed by atoms with Gasteiger partial charge in [-0.3, -0.25) is 9.67 Å². The Bertz CT molecular complexity index is 504. The third-order valence-corrected chi connectivity index (χ3v) is 2.83. The van der Waals surface area contributed by atoms with Crippen molar-refractivity contribution in [2.75, 3.05) is 11.1 Å². The van der Waals surface area contributed by atoms with Gasteiger partial charge in [0.1, 0.15) is 5.82 Å². The lowest BCUT2D eigenvalue weighted by molar-refractivity contribution is 0.735. The third kappa shape index (κ3) is 2.61. The first-order valence-electron chi connectivity index (χ1n) is 6.16. The summed E-state index contributed by atoms with van der Waals surface area (Å²) >= 11 is 0. The van der Waals surface area contributed by atoms with E-state index in [4.69, 9.17) is 5.73 Å². The fraction of sp³-hybridized carbons (Fsp3) is 0.385. The minimum atomic E-state index is 0.698. The second-order valence-corrected chi connectivity index (χ2v) is 4.30. The molecule has 2 aromatic heterocycles. The first-order chi connectivity index (χ1) is 8.72. The Morgan fingerprint density at radius 1 is 1.44 bits per heavy atom. The molecular formula is C13H19N5. The van der Waals surface area contributed by atoms with Gasteiger partial charge in [0.25, 0.3) is 0 Å². The summed E-state index contributed by atoms with van der Waals surface area (Å²) in [5, 5.41) is 7.74. The molecule has 0 amide bonds. The average molecular weight is 245 g/mol. The van der Waals surface area contributed by atoms with Crippen LogP contribution in [0.15, 0.2) is 24.5 Å². The Labute approximate surface area is 107 Å². The average Bonchev–Trinajstić information content (AvgIpc) is 2.64. The van der Waals surface area contributed by atoms with Crippen LogP contribution in [0.25, 0.3) is 0 Å². The van der Waals surface area contributed by atoms with Gasteiger partial charge in [-0.15, -0.1) is 0 Å². The van der Waals surface area contributed by atoms with Gasteiger partial charge in [0.15, 0.2) is 0 Å². The molecule has 18 heavy (non-hydrogen) atoms. The van der Waals surface area contributed by atoms with Gasteiger partial charge in [0.2, 0.25) is 0 Å². The number of nitrogens with zero attached hydrogens (tertiary/aromatic N) is 3. The molecule has 0 bridgehead atoms. The number of nitrogens with two attached hydrogens (primary N) is 1. The van der Waals surface area contributed by atoms with Crippen molar-refractivity contribution in [2.45, 2.75) is 26.3 Å². The monoisotopic (exact) mass is 245 g/mol. The Balaban J connectivity index is 2.10. The predicted molar refractivity (Wildman–Crippen MR) is 73.2 cm³/mol. The fourth-order valence-corrected chi connectivity index (χ4v) is 1.92. The van der Waals surface area contributed by atoms with Crippen LogP contribution >= 0.6 is 0 Å². The summed E-state index contributed by atoms with van der Waals surface area (Å²) in [6, 6.07) is 3.95. The molecule has 0 aliphatic rings. The van der Waals surface area contributed by atoms with E-state index in [1.165, 1.54) is 0 Å². The minimum absolute atomic E-state index is 0.698. The van der Waals surface area contributed by atoms with Crippen LogP contribution in [-0.2, 0) is 20.0 Å². The second kappa shape index (κ2) is 5.53. The Morgan fingerprint density at radius 2 is 2.28 bits per heavy atom. The molecule has 0 aromatic carbocycles. The summed E-state index contributed by atoms with van der Waals surface area (Å²) < 4.78 is 1.80. The van der Waals surface area contributed by atoms with Crippen LogP contribution in [-0.4, -0.2) is 14.8 Å². The van der Waals surface area contributed by atoms with Crippen molar-refractivity contribution < 1.29 is 0 Å². The molecule has 96 valence electrons. The van der Waals surface area contributed by atoms with Crippen LogP contribution in [0.4, 0.5) is 11.5 Å². The van der Waals surface area contributed by atoms with Crippen molar-refractivity contribution in [3.05, 3.63) is 35.8 Å². The van der Waals surface area contributed by atoms with E-state index in [1.54, 1.807) is 10.9 Å². The smallest absolute Gasteiger partial charge is 0.148 e. The van der Waals surface area contributed by atoms with Gasteiger partial charge in [0.05, 0.1) is 11.4 Å². The van der Waals surface area contributed by atoms with Crippen molar-refractivity contribution in [2.24, 2.45) is 7.05 Å². The lowest BCUT2D eigenvalue weighted by Crippen LogP contribution is -2.06. The number of anilines is 2. The molecule has 0 radical (unpaired) electrons. The maximum atomic E-state index is 6.09. The normalized spacial score (nSPS) is 10.6. The highest BCUT2D eigenvalue weighted by Crippen LogP contribution is 2.23. The van der Waals surface area contributed by atoms with Gasteiger partial charge in [-0.1, -0.05) is 19.4 Å². The molecule has 2 heterocycles. The quantitative estimate of drug-likeness (QED) is 0.845. The van der Waals surface area contributed by atoms with E-state index >= 15 is 0 Å². The van der Waals surface area contributed by atoms with Gasteiger partial charge < -0.3 is 11.1 Å².